The topological polar surface area (TPSA) is 58.9 Å². The fraction of sp³-hybridized carbons (Fsp3) is 0.688. The Balaban J connectivity index is 0.00000176. The highest BCUT2D eigenvalue weighted by Crippen LogP contribution is 2.38. The molecular weight excluding hydrogens is 298 g/mol. The van der Waals surface area contributed by atoms with E-state index in [2.05, 4.69) is 33.4 Å². The molecule has 22 heavy (non-hydrogen) atoms. The van der Waals surface area contributed by atoms with Crippen molar-refractivity contribution in [3.8, 4) is 0 Å². The first-order valence-corrected chi connectivity index (χ1v) is 8.29. The van der Waals surface area contributed by atoms with Crippen LogP contribution < -0.4 is 5.49 Å². The minimum Gasteiger partial charge on any atom is -0.337 e. The Morgan fingerprint density at radius 1 is 1.27 bits per heavy atom. The molecule has 0 amide bonds. The molecular formula is C16H26ClN5. The number of nitrogens with zero attached hydrogens (tertiary/aromatic N) is 4. The molecule has 1 saturated carbocycles. The number of nitrogens with one attached hydrogen (secondary N) is 1. The van der Waals surface area contributed by atoms with Gasteiger partial charge in [0.25, 0.3) is 0 Å². The normalized spacial score (nSPS) is 15.3. The zero-order valence-electron chi connectivity index (χ0n) is 13.5. The lowest BCUT2D eigenvalue weighted by molar-refractivity contribution is 0.673. The fourth-order valence-electron chi connectivity index (χ4n) is 2.61. The number of fused-ring (bicyclic) bond motifs is 1. The summed E-state index contributed by atoms with van der Waals surface area (Å²) in [6.45, 7) is 6.19. The molecule has 0 unspecified atom stereocenters. The Bertz CT molecular complexity index is 669. The summed E-state index contributed by atoms with van der Waals surface area (Å²) in [5, 5.41) is 0. The number of aryl methyl sites for hydroxylation is 1. The average molecular weight is 324 g/mol. The zero-order chi connectivity index (χ0) is 14.7. The highest BCUT2D eigenvalue weighted by atomic mass is 35.5. The first kappa shape index (κ1) is 17.0. The van der Waals surface area contributed by atoms with Crippen LogP contribution in [-0.4, -0.2) is 26.1 Å². The quantitative estimate of drug-likeness (QED) is 0.792. The first-order valence-electron chi connectivity index (χ1n) is 8.29. The highest BCUT2D eigenvalue weighted by molar-refractivity contribution is 5.85. The van der Waals surface area contributed by atoms with Crippen LogP contribution >= 0.6 is 12.4 Å². The van der Waals surface area contributed by atoms with E-state index in [0.717, 1.165) is 48.4 Å². The van der Waals surface area contributed by atoms with Crippen LogP contribution in [0.3, 0.4) is 0 Å². The molecule has 1 aliphatic rings. The summed E-state index contributed by atoms with van der Waals surface area (Å²) in [6.07, 6.45) is 9.06. The maximum Gasteiger partial charge on any atom is 0.176 e. The SMILES string of the molecule is CCCCCN=c1ncn(CCC)c2nc(C3CC3)[nH]c12.Cl. The smallest absolute Gasteiger partial charge is 0.176 e. The standard InChI is InChI=1S/C16H25N5.ClH/c1-3-5-6-9-17-15-13-16(21(10-4-2)11-18-15)20-14(19-13)12-7-8-12;/h11-12H,3-10H2,1-2H3,(H,19,20);1H. The molecule has 2 aromatic heterocycles. The van der Waals surface area contributed by atoms with Crippen LogP contribution in [0.1, 0.15) is 64.1 Å². The van der Waals surface area contributed by atoms with E-state index in [-0.39, 0.29) is 12.4 Å². The van der Waals surface area contributed by atoms with E-state index >= 15 is 0 Å². The Hall–Kier alpha value is -1.36. The van der Waals surface area contributed by atoms with E-state index in [4.69, 9.17) is 4.98 Å². The van der Waals surface area contributed by atoms with E-state index in [9.17, 15) is 0 Å². The highest BCUT2D eigenvalue weighted by Gasteiger charge is 2.27. The monoisotopic (exact) mass is 323 g/mol. The van der Waals surface area contributed by atoms with Gasteiger partial charge in [0.1, 0.15) is 11.3 Å². The summed E-state index contributed by atoms with van der Waals surface area (Å²) in [6, 6.07) is 0. The maximum atomic E-state index is 4.81. The van der Waals surface area contributed by atoms with Crippen molar-refractivity contribution >= 4 is 23.6 Å². The molecule has 0 aliphatic heterocycles. The van der Waals surface area contributed by atoms with Gasteiger partial charge in [0.05, 0.1) is 6.33 Å². The largest absolute Gasteiger partial charge is 0.337 e. The van der Waals surface area contributed by atoms with E-state index in [1.54, 1.807) is 0 Å². The van der Waals surface area contributed by atoms with Crippen LogP contribution in [0.5, 0.6) is 0 Å². The lowest BCUT2D eigenvalue weighted by Gasteiger charge is -2.04. The second kappa shape index (κ2) is 7.77. The summed E-state index contributed by atoms with van der Waals surface area (Å²) in [7, 11) is 0. The lowest BCUT2D eigenvalue weighted by Crippen LogP contribution is -2.15. The Kier molecular flexibility index (Phi) is 6.00. The van der Waals surface area contributed by atoms with Gasteiger partial charge in [-0.05, 0) is 25.7 Å². The van der Waals surface area contributed by atoms with Crippen molar-refractivity contribution in [3.63, 3.8) is 0 Å². The van der Waals surface area contributed by atoms with Crippen LogP contribution in [0.4, 0.5) is 0 Å². The summed E-state index contributed by atoms with van der Waals surface area (Å²) < 4.78 is 2.14. The number of halogens is 1. The van der Waals surface area contributed by atoms with Gasteiger partial charge in [-0.2, -0.15) is 0 Å². The minimum absolute atomic E-state index is 0. The molecule has 0 aromatic carbocycles. The van der Waals surface area contributed by atoms with E-state index in [1.165, 1.54) is 25.7 Å². The molecule has 1 aliphatic carbocycles. The van der Waals surface area contributed by atoms with Gasteiger partial charge < -0.3 is 9.55 Å². The molecule has 5 nitrogen and oxygen atoms in total. The molecule has 3 rings (SSSR count). The number of imidazole rings is 1. The van der Waals surface area contributed by atoms with Crippen LogP contribution in [0.25, 0.3) is 11.2 Å². The summed E-state index contributed by atoms with van der Waals surface area (Å²) in [4.78, 5) is 17.5. The van der Waals surface area contributed by atoms with Crippen LogP contribution in [0, 0.1) is 0 Å². The third-order valence-corrected chi connectivity index (χ3v) is 3.97. The number of unbranched alkanes of at least 4 members (excludes halogenated alkanes) is 2. The van der Waals surface area contributed by atoms with Crippen molar-refractivity contribution in [1.82, 2.24) is 19.5 Å². The third kappa shape index (κ3) is 3.69. The van der Waals surface area contributed by atoms with Gasteiger partial charge in [-0.25, -0.2) is 9.97 Å². The van der Waals surface area contributed by atoms with E-state index in [0.29, 0.717) is 5.92 Å². The molecule has 0 spiro atoms. The number of aromatic nitrogens is 4. The van der Waals surface area contributed by atoms with Gasteiger partial charge in [-0.3, -0.25) is 4.99 Å². The molecule has 6 heteroatoms. The Labute approximate surface area is 137 Å². The zero-order valence-corrected chi connectivity index (χ0v) is 14.3. The molecule has 0 atom stereocenters. The average Bonchev–Trinajstić information content (AvgIpc) is 3.24. The third-order valence-electron chi connectivity index (χ3n) is 3.97. The van der Waals surface area contributed by atoms with Crippen molar-refractivity contribution in [1.29, 1.82) is 0 Å². The number of aromatic amines is 1. The van der Waals surface area contributed by atoms with Crippen LogP contribution in [0.2, 0.25) is 0 Å². The van der Waals surface area contributed by atoms with Crippen molar-refractivity contribution < 1.29 is 0 Å². The van der Waals surface area contributed by atoms with Gasteiger partial charge in [0.15, 0.2) is 11.1 Å². The molecule has 122 valence electrons. The molecule has 0 bridgehead atoms. The van der Waals surface area contributed by atoms with Gasteiger partial charge in [-0.15, -0.1) is 12.4 Å². The number of rotatable bonds is 7. The van der Waals surface area contributed by atoms with Gasteiger partial charge in [0, 0.05) is 19.0 Å². The fourth-order valence-corrected chi connectivity index (χ4v) is 2.61. The maximum absolute atomic E-state index is 4.81. The molecule has 2 aromatic rings. The predicted octanol–water partition coefficient (Wildman–Crippen LogP) is 3.56. The van der Waals surface area contributed by atoms with Gasteiger partial charge in [0.2, 0.25) is 0 Å². The van der Waals surface area contributed by atoms with Crippen LogP contribution in [0.15, 0.2) is 11.3 Å². The summed E-state index contributed by atoms with van der Waals surface area (Å²) in [5.74, 6) is 1.74. The second-order valence-electron chi connectivity index (χ2n) is 5.95. The van der Waals surface area contributed by atoms with Crippen molar-refractivity contribution in [2.24, 2.45) is 4.99 Å². The molecule has 0 radical (unpaired) electrons. The molecule has 0 saturated heterocycles. The van der Waals surface area contributed by atoms with E-state index in [1.807, 2.05) is 6.33 Å². The number of hydrogen-bond acceptors (Lipinski definition) is 3. The predicted molar refractivity (Wildman–Crippen MR) is 91.3 cm³/mol. The lowest BCUT2D eigenvalue weighted by atomic mass is 10.2. The van der Waals surface area contributed by atoms with Gasteiger partial charge >= 0.3 is 0 Å². The first-order chi connectivity index (χ1) is 10.3. The molecule has 1 N–H and O–H groups in total. The molecule has 2 heterocycles. The van der Waals surface area contributed by atoms with Gasteiger partial charge in [-0.1, -0.05) is 26.7 Å². The minimum atomic E-state index is 0. The Morgan fingerprint density at radius 2 is 2.09 bits per heavy atom. The number of hydrogen-bond donors (Lipinski definition) is 1. The van der Waals surface area contributed by atoms with Crippen molar-refractivity contribution in [2.45, 2.75) is 64.8 Å². The second-order valence-corrected chi connectivity index (χ2v) is 5.95. The van der Waals surface area contributed by atoms with E-state index < -0.39 is 0 Å². The molecule has 1 fully saturated rings. The van der Waals surface area contributed by atoms with Crippen LogP contribution in [-0.2, 0) is 6.54 Å². The van der Waals surface area contributed by atoms with Crippen molar-refractivity contribution in [2.75, 3.05) is 6.54 Å². The summed E-state index contributed by atoms with van der Waals surface area (Å²) in [5.41, 5.74) is 2.86. The Morgan fingerprint density at radius 3 is 2.77 bits per heavy atom. The number of H-pyrrole nitrogens is 1. The summed E-state index contributed by atoms with van der Waals surface area (Å²) >= 11 is 0. The van der Waals surface area contributed by atoms with Crippen molar-refractivity contribution in [3.05, 3.63) is 17.6 Å².